The number of hydrogen-bond acceptors (Lipinski definition) is 5. The summed E-state index contributed by atoms with van der Waals surface area (Å²) in [5, 5.41) is 8.49. The summed E-state index contributed by atoms with van der Waals surface area (Å²) in [5.74, 6) is 1.78. The average molecular weight is 351 g/mol. The van der Waals surface area contributed by atoms with Crippen molar-refractivity contribution in [3.63, 3.8) is 0 Å². The van der Waals surface area contributed by atoms with Gasteiger partial charge in [-0.2, -0.15) is 5.26 Å². The fourth-order valence-corrected chi connectivity index (χ4v) is 2.27. The molecule has 2 aromatic carbocycles. The van der Waals surface area contributed by atoms with E-state index in [2.05, 4.69) is 0 Å². The first kappa shape index (κ1) is 19.1. The quantitative estimate of drug-likeness (QED) is 0.498. The lowest BCUT2D eigenvalue weighted by Crippen LogP contribution is -1.98. The van der Waals surface area contributed by atoms with Gasteiger partial charge < -0.3 is 14.2 Å². The zero-order chi connectivity index (χ0) is 18.8. The third-order valence-corrected chi connectivity index (χ3v) is 3.44. The van der Waals surface area contributed by atoms with Gasteiger partial charge in [0, 0.05) is 5.56 Å². The third kappa shape index (κ3) is 5.38. The first-order valence-electron chi connectivity index (χ1n) is 8.39. The molecule has 5 heteroatoms. The predicted molar refractivity (Wildman–Crippen MR) is 99.7 cm³/mol. The Morgan fingerprint density at radius 2 is 1.69 bits per heavy atom. The van der Waals surface area contributed by atoms with Crippen molar-refractivity contribution < 1.29 is 19.0 Å². The second-order valence-electron chi connectivity index (χ2n) is 5.24. The van der Waals surface area contributed by atoms with E-state index < -0.39 is 0 Å². The molecule has 0 amide bonds. The van der Waals surface area contributed by atoms with Crippen LogP contribution in [0, 0.1) is 11.3 Å². The van der Waals surface area contributed by atoms with Gasteiger partial charge in [-0.1, -0.05) is 12.1 Å². The molecule has 2 rings (SSSR count). The number of carbonyl (C=O) groups excluding carboxylic acids is 1. The molecule has 26 heavy (non-hydrogen) atoms. The monoisotopic (exact) mass is 351 g/mol. The molecule has 0 aromatic heterocycles. The zero-order valence-corrected chi connectivity index (χ0v) is 14.9. The molecule has 134 valence electrons. The van der Waals surface area contributed by atoms with Crippen molar-refractivity contribution in [2.24, 2.45) is 0 Å². The predicted octanol–water partition coefficient (Wildman–Crippen LogP) is 4.28. The van der Waals surface area contributed by atoms with E-state index in [-0.39, 0.29) is 12.4 Å². The van der Waals surface area contributed by atoms with Gasteiger partial charge in [-0.3, -0.25) is 4.79 Å². The van der Waals surface area contributed by atoms with E-state index in [1.54, 1.807) is 30.3 Å². The van der Waals surface area contributed by atoms with Gasteiger partial charge in [-0.25, -0.2) is 0 Å². The zero-order valence-electron chi connectivity index (χ0n) is 14.9. The van der Waals surface area contributed by atoms with Crippen LogP contribution in [0.15, 0.2) is 48.5 Å². The number of nitrogens with zero attached hydrogens (tertiary/aromatic N) is 1. The standard InChI is InChI=1S/C21H21NO4/c1-3-24-20-12-6-16(15-21(20)25-4-2)5-11-19(23)17-7-9-18(10-8-17)26-14-13-22/h5-12,15H,3-4,14H2,1-2H3/b11-5+. The van der Waals surface area contributed by atoms with Gasteiger partial charge in [0.25, 0.3) is 0 Å². The summed E-state index contributed by atoms with van der Waals surface area (Å²) in [6.07, 6.45) is 3.25. The van der Waals surface area contributed by atoms with Gasteiger partial charge >= 0.3 is 0 Å². The molecule has 0 aliphatic rings. The fraction of sp³-hybridized carbons (Fsp3) is 0.238. The summed E-state index contributed by atoms with van der Waals surface area (Å²) in [4.78, 5) is 12.3. The second-order valence-corrected chi connectivity index (χ2v) is 5.24. The highest BCUT2D eigenvalue weighted by Gasteiger charge is 2.06. The summed E-state index contributed by atoms with van der Waals surface area (Å²) >= 11 is 0. The number of ether oxygens (including phenoxy) is 3. The molecule has 0 heterocycles. The second kappa shape index (κ2) is 9.90. The maximum atomic E-state index is 12.3. The topological polar surface area (TPSA) is 68.5 Å². The van der Waals surface area contributed by atoms with Crippen LogP contribution in [0.4, 0.5) is 0 Å². The molecule has 0 radical (unpaired) electrons. The van der Waals surface area contributed by atoms with E-state index in [9.17, 15) is 4.79 Å². The van der Waals surface area contributed by atoms with Crippen LogP contribution >= 0.6 is 0 Å². The van der Waals surface area contributed by atoms with Gasteiger partial charge in [0.1, 0.15) is 11.8 Å². The Kier molecular flexibility index (Phi) is 7.26. The molecular formula is C21H21NO4. The van der Waals surface area contributed by atoms with E-state index in [0.717, 1.165) is 5.56 Å². The molecule has 5 nitrogen and oxygen atoms in total. The Morgan fingerprint density at radius 1 is 1.00 bits per heavy atom. The molecular weight excluding hydrogens is 330 g/mol. The van der Waals surface area contributed by atoms with Gasteiger partial charge in [0.05, 0.1) is 13.2 Å². The van der Waals surface area contributed by atoms with Crippen LogP contribution in [0.3, 0.4) is 0 Å². The van der Waals surface area contributed by atoms with Gasteiger partial charge in [0.2, 0.25) is 0 Å². The number of ketones is 1. The Labute approximate surface area is 153 Å². The molecule has 0 saturated heterocycles. The van der Waals surface area contributed by atoms with Crippen molar-refractivity contribution >= 4 is 11.9 Å². The first-order chi connectivity index (χ1) is 12.7. The van der Waals surface area contributed by atoms with Crippen LogP contribution in [0.25, 0.3) is 6.08 Å². The minimum atomic E-state index is -0.122. The molecule has 0 saturated carbocycles. The van der Waals surface area contributed by atoms with E-state index in [1.807, 2.05) is 38.1 Å². The highest BCUT2D eigenvalue weighted by atomic mass is 16.5. The summed E-state index contributed by atoms with van der Waals surface area (Å²) in [5.41, 5.74) is 1.39. The van der Waals surface area contributed by atoms with E-state index in [0.29, 0.717) is 36.0 Å². The van der Waals surface area contributed by atoms with Gasteiger partial charge in [-0.05, 0) is 61.9 Å². The molecule has 0 atom stereocenters. The highest BCUT2D eigenvalue weighted by molar-refractivity contribution is 6.06. The number of allylic oxidation sites excluding steroid dienone is 1. The average Bonchev–Trinajstić information content (AvgIpc) is 2.67. The minimum absolute atomic E-state index is 0.0207. The van der Waals surface area contributed by atoms with E-state index in [1.165, 1.54) is 6.08 Å². The smallest absolute Gasteiger partial charge is 0.185 e. The molecule has 0 unspecified atom stereocenters. The SMILES string of the molecule is CCOc1ccc(/C=C/C(=O)c2ccc(OCC#N)cc2)cc1OCC. The van der Waals surface area contributed by atoms with Crippen LogP contribution in [0.1, 0.15) is 29.8 Å². The molecule has 0 bridgehead atoms. The van der Waals surface area contributed by atoms with Crippen LogP contribution in [0.5, 0.6) is 17.2 Å². The van der Waals surface area contributed by atoms with E-state index in [4.69, 9.17) is 19.5 Å². The Bertz CT molecular complexity index is 804. The molecule has 2 aromatic rings. The van der Waals surface area contributed by atoms with Crippen LogP contribution in [-0.4, -0.2) is 25.6 Å². The largest absolute Gasteiger partial charge is 0.490 e. The summed E-state index contributed by atoms with van der Waals surface area (Å²) in [6.45, 7) is 4.89. The van der Waals surface area contributed by atoms with Crippen molar-refractivity contribution in [2.45, 2.75) is 13.8 Å². The Morgan fingerprint density at radius 3 is 2.35 bits per heavy atom. The number of hydrogen-bond donors (Lipinski definition) is 0. The maximum absolute atomic E-state index is 12.3. The van der Waals surface area contributed by atoms with Crippen LogP contribution in [0.2, 0.25) is 0 Å². The van der Waals surface area contributed by atoms with Crippen molar-refractivity contribution in [2.75, 3.05) is 19.8 Å². The normalized spacial score (nSPS) is 10.3. The van der Waals surface area contributed by atoms with Crippen LogP contribution in [-0.2, 0) is 0 Å². The molecule has 0 N–H and O–H groups in total. The highest BCUT2D eigenvalue weighted by Crippen LogP contribution is 2.29. The lowest BCUT2D eigenvalue weighted by atomic mass is 10.1. The summed E-state index contributed by atoms with van der Waals surface area (Å²) in [6, 6.07) is 14.1. The first-order valence-corrected chi connectivity index (χ1v) is 8.39. The number of rotatable bonds is 9. The number of carbonyl (C=O) groups is 1. The Hall–Kier alpha value is -3.26. The summed E-state index contributed by atoms with van der Waals surface area (Å²) < 4.78 is 16.3. The van der Waals surface area contributed by atoms with Crippen molar-refractivity contribution in [1.29, 1.82) is 5.26 Å². The molecule has 0 aliphatic heterocycles. The molecule has 0 fully saturated rings. The van der Waals surface area contributed by atoms with Crippen molar-refractivity contribution in [3.05, 3.63) is 59.7 Å². The van der Waals surface area contributed by atoms with Gasteiger partial charge in [-0.15, -0.1) is 0 Å². The molecule has 0 aliphatic carbocycles. The summed E-state index contributed by atoms with van der Waals surface area (Å²) in [7, 11) is 0. The van der Waals surface area contributed by atoms with Gasteiger partial charge in [0.15, 0.2) is 23.9 Å². The van der Waals surface area contributed by atoms with Crippen LogP contribution < -0.4 is 14.2 Å². The van der Waals surface area contributed by atoms with Crippen molar-refractivity contribution in [1.82, 2.24) is 0 Å². The number of benzene rings is 2. The maximum Gasteiger partial charge on any atom is 0.185 e. The molecule has 0 spiro atoms. The Balaban J connectivity index is 2.09. The third-order valence-electron chi connectivity index (χ3n) is 3.44. The minimum Gasteiger partial charge on any atom is -0.490 e. The fourth-order valence-electron chi connectivity index (χ4n) is 2.27. The lowest BCUT2D eigenvalue weighted by molar-refractivity contribution is 0.104. The number of nitriles is 1. The van der Waals surface area contributed by atoms with E-state index >= 15 is 0 Å². The van der Waals surface area contributed by atoms with Crippen molar-refractivity contribution in [3.8, 4) is 23.3 Å². The lowest BCUT2D eigenvalue weighted by Gasteiger charge is -2.11.